The van der Waals surface area contributed by atoms with Crippen molar-refractivity contribution in [3.05, 3.63) is 101 Å². The molecule has 1 aliphatic carbocycles. The van der Waals surface area contributed by atoms with Crippen molar-refractivity contribution in [3.63, 3.8) is 0 Å². The first-order valence-corrected chi connectivity index (χ1v) is 9.78. The van der Waals surface area contributed by atoms with Gasteiger partial charge in [-0.1, -0.05) is 107 Å². The third-order valence-electron chi connectivity index (χ3n) is 5.05. The number of hydrogen-bond acceptors (Lipinski definition) is 0. The Bertz CT molecular complexity index is 805. The van der Waals surface area contributed by atoms with Crippen molar-refractivity contribution in [2.75, 3.05) is 0 Å². The highest BCUT2D eigenvalue weighted by molar-refractivity contribution is 5.86. The molecule has 0 aromatic heterocycles. The van der Waals surface area contributed by atoms with E-state index in [2.05, 4.69) is 101 Å². The van der Waals surface area contributed by atoms with Crippen molar-refractivity contribution >= 4 is 5.57 Å². The zero-order valence-corrected chi connectivity index (χ0v) is 16.5. The average molecular weight is 343 g/mol. The molecule has 0 nitrogen and oxygen atoms in total. The smallest absolute Gasteiger partial charge is 0.00389 e. The largest absolute Gasteiger partial charge is 0.0654 e. The number of aryl methyl sites for hydroxylation is 1. The third kappa shape index (κ3) is 4.25. The molecule has 2 aromatic carbocycles. The van der Waals surface area contributed by atoms with E-state index < -0.39 is 0 Å². The monoisotopic (exact) mass is 342 g/mol. The van der Waals surface area contributed by atoms with Gasteiger partial charge in [-0.25, -0.2) is 0 Å². The molecule has 0 fully saturated rings. The lowest BCUT2D eigenvalue weighted by Crippen LogP contribution is -2.10. The molecule has 0 heterocycles. The molecule has 0 aliphatic heterocycles. The molecule has 0 saturated heterocycles. The normalized spacial score (nSPS) is 13.5. The van der Waals surface area contributed by atoms with Crippen molar-refractivity contribution < 1.29 is 0 Å². The van der Waals surface area contributed by atoms with Gasteiger partial charge in [0.1, 0.15) is 0 Å². The van der Waals surface area contributed by atoms with Crippen molar-refractivity contribution in [2.24, 2.45) is 0 Å². The van der Waals surface area contributed by atoms with Crippen LogP contribution in [0.5, 0.6) is 0 Å². The Kier molecular flexibility index (Phi) is 5.61. The molecule has 0 amide bonds. The molecule has 26 heavy (non-hydrogen) atoms. The van der Waals surface area contributed by atoms with Gasteiger partial charge < -0.3 is 0 Å². The van der Waals surface area contributed by atoms with Crippen molar-refractivity contribution in [3.8, 4) is 0 Å². The summed E-state index contributed by atoms with van der Waals surface area (Å²) in [6.07, 6.45) is 12.3. The minimum atomic E-state index is 0.180. The summed E-state index contributed by atoms with van der Waals surface area (Å²) in [5, 5.41) is 0. The van der Waals surface area contributed by atoms with E-state index in [4.69, 9.17) is 0 Å². The third-order valence-corrected chi connectivity index (χ3v) is 5.05. The fraction of sp³-hybridized carbons (Fsp3) is 0.308. The minimum absolute atomic E-state index is 0.180. The molecule has 3 rings (SSSR count). The van der Waals surface area contributed by atoms with Crippen molar-refractivity contribution in [2.45, 2.75) is 52.4 Å². The molecule has 0 spiro atoms. The molecule has 2 aromatic rings. The molecule has 0 bridgehead atoms. The average Bonchev–Trinajstić information content (AvgIpc) is 3.15. The molecule has 134 valence electrons. The molecule has 0 N–H and O–H groups in total. The molecule has 0 atom stereocenters. The topological polar surface area (TPSA) is 0 Å². The lowest BCUT2D eigenvalue weighted by Gasteiger charge is -2.20. The van der Waals surface area contributed by atoms with Gasteiger partial charge >= 0.3 is 0 Å². The Morgan fingerprint density at radius 3 is 1.81 bits per heavy atom. The van der Waals surface area contributed by atoms with Crippen LogP contribution in [-0.4, -0.2) is 0 Å². The van der Waals surface area contributed by atoms with Crippen molar-refractivity contribution in [1.29, 1.82) is 0 Å². The van der Waals surface area contributed by atoms with Gasteiger partial charge in [-0.2, -0.15) is 0 Å². The zero-order valence-electron chi connectivity index (χ0n) is 16.5. The second kappa shape index (κ2) is 7.91. The number of benzene rings is 2. The van der Waals surface area contributed by atoms with E-state index in [0.29, 0.717) is 0 Å². The Morgan fingerprint density at radius 1 is 0.769 bits per heavy atom. The second-order valence-electron chi connectivity index (χ2n) is 8.18. The van der Waals surface area contributed by atoms with Crippen LogP contribution in [0.2, 0.25) is 0 Å². The van der Waals surface area contributed by atoms with E-state index in [1.54, 1.807) is 0 Å². The summed E-state index contributed by atoms with van der Waals surface area (Å²) in [6, 6.07) is 18.2. The highest BCUT2D eigenvalue weighted by Crippen LogP contribution is 2.32. The lowest BCUT2D eigenvalue weighted by atomic mass is 9.85. The number of unbranched alkanes of at least 4 members (excludes halogenated alkanes) is 1. The van der Waals surface area contributed by atoms with Crippen molar-refractivity contribution in [1.82, 2.24) is 0 Å². The van der Waals surface area contributed by atoms with E-state index >= 15 is 0 Å². The van der Waals surface area contributed by atoms with Crippen LogP contribution in [0.4, 0.5) is 0 Å². The number of hydrogen-bond donors (Lipinski definition) is 0. The van der Waals surface area contributed by atoms with Gasteiger partial charge in [0.25, 0.3) is 0 Å². The lowest BCUT2D eigenvalue weighted by molar-refractivity contribution is 0.590. The summed E-state index contributed by atoms with van der Waals surface area (Å²) in [4.78, 5) is 0. The van der Waals surface area contributed by atoms with Crippen LogP contribution in [0.3, 0.4) is 0 Å². The molecular formula is C26H30. The van der Waals surface area contributed by atoms with Crippen LogP contribution in [0, 0.1) is 0 Å². The van der Waals surface area contributed by atoms with Crippen LogP contribution in [-0.2, 0) is 11.8 Å². The van der Waals surface area contributed by atoms with Gasteiger partial charge in [-0.3, -0.25) is 0 Å². The molecular weight excluding hydrogens is 312 g/mol. The van der Waals surface area contributed by atoms with E-state index in [1.165, 1.54) is 52.7 Å². The maximum Gasteiger partial charge on any atom is -0.00389 e. The molecule has 0 heteroatoms. The predicted octanol–water partition coefficient (Wildman–Crippen LogP) is 7.25. The first kappa shape index (κ1) is 18.5. The number of rotatable bonds is 5. The van der Waals surface area contributed by atoms with Gasteiger partial charge in [0.05, 0.1) is 0 Å². The Hall–Kier alpha value is -2.34. The standard InChI is InChI=1S/C26H30/c1-5-6-9-20-12-14-22(15-13-20)25(21-10-7-8-11-21)23-16-18-24(19-17-23)26(2,3)4/h7-8,10-19H,5-6,9H2,1-4H3. The molecule has 0 saturated carbocycles. The van der Waals surface area contributed by atoms with E-state index in [-0.39, 0.29) is 5.41 Å². The van der Waals surface area contributed by atoms with Gasteiger partial charge in [0.2, 0.25) is 0 Å². The van der Waals surface area contributed by atoms with Crippen LogP contribution in [0.25, 0.3) is 5.57 Å². The number of allylic oxidation sites excluding steroid dienone is 5. The molecule has 1 aliphatic rings. The van der Waals surface area contributed by atoms with E-state index in [1.807, 2.05) is 0 Å². The van der Waals surface area contributed by atoms with Gasteiger partial charge in [-0.05, 0) is 51.7 Å². The van der Waals surface area contributed by atoms with Crippen LogP contribution < -0.4 is 0 Å². The fourth-order valence-electron chi connectivity index (χ4n) is 3.40. The Morgan fingerprint density at radius 2 is 1.31 bits per heavy atom. The van der Waals surface area contributed by atoms with Gasteiger partial charge in [-0.15, -0.1) is 0 Å². The quantitative estimate of drug-likeness (QED) is 0.536. The summed E-state index contributed by atoms with van der Waals surface area (Å²) in [6.45, 7) is 9.04. The molecule has 0 unspecified atom stereocenters. The highest BCUT2D eigenvalue weighted by Gasteiger charge is 2.15. The van der Waals surface area contributed by atoms with E-state index in [0.717, 1.165) is 0 Å². The fourth-order valence-corrected chi connectivity index (χ4v) is 3.40. The maximum absolute atomic E-state index is 2.29. The van der Waals surface area contributed by atoms with E-state index in [9.17, 15) is 0 Å². The minimum Gasteiger partial charge on any atom is -0.0654 e. The summed E-state index contributed by atoms with van der Waals surface area (Å²) in [5.74, 6) is 0. The van der Waals surface area contributed by atoms with Crippen LogP contribution in [0.1, 0.15) is 62.8 Å². The Balaban J connectivity index is 1.99. The summed E-state index contributed by atoms with van der Waals surface area (Å²) < 4.78 is 0. The second-order valence-corrected chi connectivity index (χ2v) is 8.18. The summed E-state index contributed by atoms with van der Waals surface area (Å²) in [5.41, 5.74) is 8.16. The van der Waals surface area contributed by atoms with Gasteiger partial charge in [0, 0.05) is 0 Å². The summed E-state index contributed by atoms with van der Waals surface area (Å²) >= 11 is 0. The van der Waals surface area contributed by atoms with Crippen LogP contribution >= 0.6 is 0 Å². The first-order valence-electron chi connectivity index (χ1n) is 9.78. The van der Waals surface area contributed by atoms with Crippen LogP contribution in [0.15, 0.2) is 78.4 Å². The summed E-state index contributed by atoms with van der Waals surface area (Å²) in [7, 11) is 0. The van der Waals surface area contributed by atoms with Gasteiger partial charge in [0.15, 0.2) is 0 Å². The molecule has 0 radical (unpaired) electrons. The highest BCUT2D eigenvalue weighted by atomic mass is 14.2. The predicted molar refractivity (Wildman–Crippen MR) is 114 cm³/mol. The first-order chi connectivity index (χ1) is 12.5. The Labute approximate surface area is 159 Å². The zero-order chi connectivity index (χ0) is 18.6. The SMILES string of the molecule is CCCCc1ccc(C(=C2C=CC=C2)c2ccc(C(C)(C)C)cc2)cc1. The maximum atomic E-state index is 2.29.